The molecular formula is C16H25ClN2O. The molecule has 3 unspecified atom stereocenters. The van der Waals surface area contributed by atoms with Gasteiger partial charge in [-0.05, 0) is 37.9 Å². The molecule has 1 aliphatic rings. The number of ether oxygens (including phenoxy) is 1. The highest BCUT2D eigenvalue weighted by Gasteiger charge is 2.28. The molecule has 20 heavy (non-hydrogen) atoms. The van der Waals surface area contributed by atoms with Crippen molar-refractivity contribution >= 4 is 11.6 Å². The minimum atomic E-state index is 0.0707. The van der Waals surface area contributed by atoms with E-state index in [-0.39, 0.29) is 12.1 Å². The summed E-state index contributed by atoms with van der Waals surface area (Å²) in [7, 11) is 2.12. The Morgan fingerprint density at radius 3 is 2.80 bits per heavy atom. The molecular weight excluding hydrogens is 272 g/mol. The number of hydrogen-bond donors (Lipinski definition) is 1. The quantitative estimate of drug-likeness (QED) is 0.876. The van der Waals surface area contributed by atoms with E-state index < -0.39 is 0 Å². The second-order valence-corrected chi connectivity index (χ2v) is 6.02. The predicted molar refractivity (Wildman–Crippen MR) is 84.1 cm³/mol. The third kappa shape index (κ3) is 3.73. The van der Waals surface area contributed by atoms with Gasteiger partial charge in [-0.3, -0.25) is 4.90 Å². The van der Waals surface area contributed by atoms with E-state index in [4.69, 9.17) is 22.1 Å². The Bertz CT molecular complexity index is 421. The largest absolute Gasteiger partial charge is 0.377 e. The molecule has 1 fully saturated rings. The number of hydrogen-bond acceptors (Lipinski definition) is 3. The van der Waals surface area contributed by atoms with Crippen LogP contribution in [0.1, 0.15) is 37.8 Å². The van der Waals surface area contributed by atoms with Gasteiger partial charge >= 0.3 is 0 Å². The average Bonchev–Trinajstić information content (AvgIpc) is 2.93. The summed E-state index contributed by atoms with van der Waals surface area (Å²) >= 11 is 6.37. The summed E-state index contributed by atoms with van der Waals surface area (Å²) < 4.78 is 5.74. The smallest absolute Gasteiger partial charge is 0.0702 e. The van der Waals surface area contributed by atoms with Crippen molar-refractivity contribution in [1.29, 1.82) is 0 Å². The molecule has 0 bridgehead atoms. The summed E-state index contributed by atoms with van der Waals surface area (Å²) in [5, 5.41) is 0.792. The summed E-state index contributed by atoms with van der Waals surface area (Å²) in [6.45, 7) is 3.91. The third-order valence-corrected chi connectivity index (χ3v) is 4.44. The monoisotopic (exact) mass is 296 g/mol. The van der Waals surface area contributed by atoms with Gasteiger partial charge in [0.2, 0.25) is 0 Å². The molecule has 112 valence electrons. The molecule has 1 aromatic rings. The van der Waals surface area contributed by atoms with Crippen LogP contribution in [0.15, 0.2) is 24.3 Å². The Hall–Kier alpha value is -0.610. The minimum absolute atomic E-state index is 0.0707. The van der Waals surface area contributed by atoms with Crippen LogP contribution in [0.2, 0.25) is 5.02 Å². The van der Waals surface area contributed by atoms with E-state index in [0.717, 1.165) is 43.0 Å². The third-order valence-electron chi connectivity index (χ3n) is 4.09. The van der Waals surface area contributed by atoms with Crippen molar-refractivity contribution in [3.63, 3.8) is 0 Å². The molecule has 0 spiro atoms. The summed E-state index contributed by atoms with van der Waals surface area (Å²) in [5.74, 6) is 0. The normalized spacial score (nSPS) is 22.1. The first-order valence-electron chi connectivity index (χ1n) is 7.45. The van der Waals surface area contributed by atoms with E-state index in [1.54, 1.807) is 0 Å². The van der Waals surface area contributed by atoms with E-state index >= 15 is 0 Å². The molecule has 2 N–H and O–H groups in total. The van der Waals surface area contributed by atoms with Gasteiger partial charge in [-0.15, -0.1) is 0 Å². The molecule has 1 aromatic carbocycles. The van der Waals surface area contributed by atoms with Crippen molar-refractivity contribution in [2.24, 2.45) is 5.73 Å². The van der Waals surface area contributed by atoms with Crippen LogP contribution in [0, 0.1) is 0 Å². The molecule has 0 aliphatic carbocycles. The SMILES string of the molecule is CCC(N)C(c1ccccc1Cl)N(C)CC1CCCO1. The van der Waals surface area contributed by atoms with Gasteiger partial charge in [0, 0.05) is 24.2 Å². The van der Waals surface area contributed by atoms with E-state index in [9.17, 15) is 0 Å². The van der Waals surface area contributed by atoms with Crippen molar-refractivity contribution in [1.82, 2.24) is 4.90 Å². The van der Waals surface area contributed by atoms with Crippen LogP contribution < -0.4 is 5.73 Å². The first kappa shape index (κ1) is 15.8. The van der Waals surface area contributed by atoms with E-state index in [0.29, 0.717) is 6.10 Å². The topological polar surface area (TPSA) is 38.5 Å². The number of benzene rings is 1. The molecule has 0 radical (unpaired) electrons. The van der Waals surface area contributed by atoms with Gasteiger partial charge in [0.1, 0.15) is 0 Å². The highest BCUT2D eigenvalue weighted by atomic mass is 35.5. The second kappa shape index (κ2) is 7.41. The zero-order valence-electron chi connectivity index (χ0n) is 12.4. The van der Waals surface area contributed by atoms with Crippen LogP contribution in [-0.4, -0.2) is 37.2 Å². The fourth-order valence-corrected chi connectivity index (χ4v) is 3.20. The summed E-state index contributed by atoms with van der Waals surface area (Å²) in [6, 6.07) is 8.21. The van der Waals surface area contributed by atoms with Gasteiger partial charge in [-0.25, -0.2) is 0 Å². The van der Waals surface area contributed by atoms with Crippen molar-refractivity contribution in [3.05, 3.63) is 34.9 Å². The number of nitrogens with two attached hydrogens (primary N) is 1. The summed E-state index contributed by atoms with van der Waals surface area (Å²) in [6.07, 6.45) is 3.55. The molecule has 1 aliphatic heterocycles. The first-order chi connectivity index (χ1) is 9.63. The summed E-state index contributed by atoms with van der Waals surface area (Å²) in [5.41, 5.74) is 7.47. The number of likely N-dealkylation sites (N-methyl/N-ethyl adjacent to an activating group) is 1. The lowest BCUT2D eigenvalue weighted by molar-refractivity contribution is 0.0629. The lowest BCUT2D eigenvalue weighted by atomic mass is 9.96. The zero-order chi connectivity index (χ0) is 14.5. The van der Waals surface area contributed by atoms with Crippen molar-refractivity contribution in [2.45, 2.75) is 44.4 Å². The zero-order valence-corrected chi connectivity index (χ0v) is 13.1. The van der Waals surface area contributed by atoms with Crippen LogP contribution in [0.5, 0.6) is 0 Å². The van der Waals surface area contributed by atoms with Crippen molar-refractivity contribution in [2.75, 3.05) is 20.2 Å². The molecule has 4 heteroatoms. The molecule has 0 saturated carbocycles. The fraction of sp³-hybridized carbons (Fsp3) is 0.625. The van der Waals surface area contributed by atoms with Gasteiger partial charge in [-0.2, -0.15) is 0 Å². The van der Waals surface area contributed by atoms with Crippen LogP contribution in [0.25, 0.3) is 0 Å². The van der Waals surface area contributed by atoms with Gasteiger partial charge in [0.05, 0.1) is 12.1 Å². The molecule has 3 nitrogen and oxygen atoms in total. The molecule has 1 heterocycles. The Labute approximate surface area is 127 Å². The van der Waals surface area contributed by atoms with Gasteiger partial charge in [0.15, 0.2) is 0 Å². The predicted octanol–water partition coefficient (Wildman–Crippen LogP) is 3.23. The molecule has 0 amide bonds. The highest BCUT2D eigenvalue weighted by Crippen LogP contribution is 2.30. The average molecular weight is 297 g/mol. The van der Waals surface area contributed by atoms with Crippen molar-refractivity contribution < 1.29 is 4.74 Å². The maximum atomic E-state index is 6.37. The molecule has 0 aromatic heterocycles. The Morgan fingerprint density at radius 2 is 2.20 bits per heavy atom. The second-order valence-electron chi connectivity index (χ2n) is 5.61. The van der Waals surface area contributed by atoms with Crippen LogP contribution >= 0.6 is 11.6 Å². The minimum Gasteiger partial charge on any atom is -0.377 e. The van der Waals surface area contributed by atoms with E-state index in [2.05, 4.69) is 24.9 Å². The van der Waals surface area contributed by atoms with Gasteiger partial charge < -0.3 is 10.5 Å². The highest BCUT2D eigenvalue weighted by molar-refractivity contribution is 6.31. The lowest BCUT2D eigenvalue weighted by Crippen LogP contribution is -2.42. The Kier molecular flexibility index (Phi) is 5.85. The van der Waals surface area contributed by atoms with Crippen LogP contribution in [-0.2, 0) is 4.74 Å². The van der Waals surface area contributed by atoms with Crippen molar-refractivity contribution in [3.8, 4) is 0 Å². The fourth-order valence-electron chi connectivity index (χ4n) is 2.96. The Balaban J connectivity index is 2.16. The number of halogens is 1. The van der Waals surface area contributed by atoms with Crippen LogP contribution in [0.4, 0.5) is 0 Å². The molecule has 2 rings (SSSR count). The van der Waals surface area contributed by atoms with Crippen LogP contribution in [0.3, 0.4) is 0 Å². The standard InChI is InChI=1S/C16H25ClN2O/c1-3-15(18)16(13-8-4-5-9-14(13)17)19(2)11-12-7-6-10-20-12/h4-5,8-9,12,15-16H,3,6-7,10-11,18H2,1-2H3. The first-order valence-corrected chi connectivity index (χ1v) is 7.83. The number of rotatable bonds is 6. The maximum absolute atomic E-state index is 6.37. The van der Waals surface area contributed by atoms with Gasteiger partial charge in [-0.1, -0.05) is 36.7 Å². The van der Waals surface area contributed by atoms with E-state index in [1.165, 1.54) is 0 Å². The number of nitrogens with zero attached hydrogens (tertiary/aromatic N) is 1. The molecule has 3 atom stereocenters. The van der Waals surface area contributed by atoms with Gasteiger partial charge in [0.25, 0.3) is 0 Å². The molecule has 1 saturated heterocycles. The Morgan fingerprint density at radius 1 is 1.45 bits per heavy atom. The lowest BCUT2D eigenvalue weighted by Gasteiger charge is -2.34. The summed E-state index contributed by atoms with van der Waals surface area (Å²) in [4.78, 5) is 2.30. The maximum Gasteiger partial charge on any atom is 0.0702 e. The van der Waals surface area contributed by atoms with E-state index in [1.807, 2.05) is 18.2 Å².